The number of sulfonamides is 1. The minimum absolute atomic E-state index is 0.163. The summed E-state index contributed by atoms with van der Waals surface area (Å²) in [7, 11) is -3.55. The second-order valence-electron chi connectivity index (χ2n) is 3.95. The van der Waals surface area contributed by atoms with Crippen molar-refractivity contribution in [3.8, 4) is 0 Å². The molecular weight excluding hydrogens is 298 g/mol. The molecule has 0 radical (unpaired) electrons. The Morgan fingerprint density at radius 1 is 1.35 bits per heavy atom. The SMILES string of the molecule is NC(=S)c1ccc(S(=O)(=O)NCCn2ccnn2)cc1. The average Bonchev–Trinajstić information content (AvgIpc) is 2.92. The van der Waals surface area contributed by atoms with E-state index in [4.69, 9.17) is 18.0 Å². The first-order valence-electron chi connectivity index (χ1n) is 5.73. The van der Waals surface area contributed by atoms with Crippen molar-refractivity contribution in [3.63, 3.8) is 0 Å². The van der Waals surface area contributed by atoms with Gasteiger partial charge in [-0.25, -0.2) is 13.1 Å². The first-order valence-corrected chi connectivity index (χ1v) is 7.62. The molecule has 0 saturated carbocycles. The molecule has 0 fully saturated rings. The molecule has 2 rings (SSSR count). The summed E-state index contributed by atoms with van der Waals surface area (Å²) in [5.41, 5.74) is 6.08. The van der Waals surface area contributed by atoms with Crippen LogP contribution in [0.1, 0.15) is 5.56 Å². The maximum Gasteiger partial charge on any atom is 0.240 e. The fourth-order valence-corrected chi connectivity index (χ4v) is 2.69. The topological polar surface area (TPSA) is 103 Å². The van der Waals surface area contributed by atoms with E-state index in [-0.39, 0.29) is 16.4 Å². The van der Waals surface area contributed by atoms with Gasteiger partial charge in [0.15, 0.2) is 0 Å². The second kappa shape index (κ2) is 6.07. The number of nitrogens with zero attached hydrogens (tertiary/aromatic N) is 3. The number of hydrogen-bond acceptors (Lipinski definition) is 5. The summed E-state index contributed by atoms with van der Waals surface area (Å²) in [6, 6.07) is 6.08. The normalized spacial score (nSPS) is 11.4. The van der Waals surface area contributed by atoms with Crippen LogP contribution in [0.2, 0.25) is 0 Å². The van der Waals surface area contributed by atoms with Crippen LogP contribution in [0.5, 0.6) is 0 Å². The highest BCUT2D eigenvalue weighted by Crippen LogP contribution is 2.10. The monoisotopic (exact) mass is 311 g/mol. The summed E-state index contributed by atoms with van der Waals surface area (Å²) in [6.07, 6.45) is 3.19. The van der Waals surface area contributed by atoms with Crippen molar-refractivity contribution in [2.45, 2.75) is 11.4 Å². The minimum atomic E-state index is -3.55. The lowest BCUT2D eigenvalue weighted by Gasteiger charge is -2.07. The number of benzene rings is 1. The van der Waals surface area contributed by atoms with E-state index in [2.05, 4.69) is 15.0 Å². The number of nitrogens with one attached hydrogen (secondary N) is 1. The molecule has 2 aromatic rings. The van der Waals surface area contributed by atoms with Crippen LogP contribution in [0, 0.1) is 0 Å². The molecule has 0 saturated heterocycles. The summed E-state index contributed by atoms with van der Waals surface area (Å²) in [6.45, 7) is 0.632. The first kappa shape index (κ1) is 14.6. The fourth-order valence-electron chi connectivity index (χ4n) is 1.53. The van der Waals surface area contributed by atoms with E-state index >= 15 is 0 Å². The third kappa shape index (κ3) is 3.59. The molecule has 0 spiro atoms. The van der Waals surface area contributed by atoms with Gasteiger partial charge < -0.3 is 5.73 Å². The maximum absolute atomic E-state index is 12.0. The number of nitrogens with two attached hydrogens (primary N) is 1. The van der Waals surface area contributed by atoms with E-state index in [1.165, 1.54) is 18.3 Å². The first-order chi connectivity index (χ1) is 9.49. The van der Waals surface area contributed by atoms with E-state index in [1.54, 1.807) is 23.0 Å². The zero-order valence-electron chi connectivity index (χ0n) is 10.4. The highest BCUT2D eigenvalue weighted by molar-refractivity contribution is 7.89. The molecule has 0 bridgehead atoms. The number of thiocarbonyl (C=S) groups is 1. The summed E-state index contributed by atoms with van der Waals surface area (Å²) in [5.74, 6) is 0. The van der Waals surface area contributed by atoms with Gasteiger partial charge in [-0.05, 0) is 12.1 Å². The van der Waals surface area contributed by atoms with Crippen LogP contribution in [0.25, 0.3) is 0 Å². The van der Waals surface area contributed by atoms with E-state index in [0.29, 0.717) is 12.1 Å². The standard InChI is InChI=1S/C11H13N5O2S2/c12-11(19)9-1-3-10(4-2-9)20(17,18)14-6-8-16-7-5-13-15-16/h1-5,7,14H,6,8H2,(H2,12,19). The summed E-state index contributed by atoms with van der Waals surface area (Å²) < 4.78 is 28.1. The molecule has 1 aromatic carbocycles. The Hall–Kier alpha value is -1.84. The van der Waals surface area contributed by atoms with Gasteiger partial charge in [0.25, 0.3) is 0 Å². The van der Waals surface area contributed by atoms with Crippen LogP contribution in [0.15, 0.2) is 41.6 Å². The molecule has 0 aliphatic carbocycles. The van der Waals surface area contributed by atoms with Gasteiger partial charge in [0.05, 0.1) is 17.6 Å². The molecule has 106 valence electrons. The van der Waals surface area contributed by atoms with Crippen LogP contribution in [0.4, 0.5) is 0 Å². The summed E-state index contributed by atoms with van der Waals surface area (Å²) in [5, 5.41) is 7.38. The van der Waals surface area contributed by atoms with Gasteiger partial charge in [0, 0.05) is 18.3 Å². The van der Waals surface area contributed by atoms with Crippen molar-refractivity contribution in [1.29, 1.82) is 0 Å². The third-order valence-corrected chi connectivity index (χ3v) is 4.27. The average molecular weight is 311 g/mol. The third-order valence-electron chi connectivity index (χ3n) is 2.55. The second-order valence-corrected chi connectivity index (χ2v) is 6.16. The summed E-state index contributed by atoms with van der Waals surface area (Å²) in [4.78, 5) is 0.393. The molecule has 7 nitrogen and oxygen atoms in total. The highest BCUT2D eigenvalue weighted by atomic mass is 32.2. The molecule has 0 amide bonds. The zero-order chi connectivity index (χ0) is 14.6. The molecule has 0 atom stereocenters. The van der Waals surface area contributed by atoms with Gasteiger partial charge in [0.2, 0.25) is 10.0 Å². The summed E-state index contributed by atoms with van der Waals surface area (Å²) >= 11 is 4.81. The van der Waals surface area contributed by atoms with Crippen molar-refractivity contribution < 1.29 is 8.42 Å². The highest BCUT2D eigenvalue weighted by Gasteiger charge is 2.13. The van der Waals surface area contributed by atoms with Crippen LogP contribution < -0.4 is 10.5 Å². The van der Waals surface area contributed by atoms with Crippen molar-refractivity contribution in [3.05, 3.63) is 42.2 Å². The van der Waals surface area contributed by atoms with Crippen molar-refractivity contribution in [2.24, 2.45) is 5.73 Å². The Morgan fingerprint density at radius 3 is 2.60 bits per heavy atom. The Bertz CT molecular complexity index is 680. The van der Waals surface area contributed by atoms with Gasteiger partial charge in [-0.1, -0.05) is 29.6 Å². The largest absolute Gasteiger partial charge is 0.389 e. The lowest BCUT2D eigenvalue weighted by Crippen LogP contribution is -2.27. The van der Waals surface area contributed by atoms with Crippen molar-refractivity contribution >= 4 is 27.2 Å². The Kier molecular flexibility index (Phi) is 4.42. The molecule has 0 aliphatic heterocycles. The predicted molar refractivity (Wildman–Crippen MR) is 77.5 cm³/mol. The lowest BCUT2D eigenvalue weighted by atomic mass is 10.2. The Balaban J connectivity index is 2.00. The van der Waals surface area contributed by atoms with Crippen LogP contribution in [-0.2, 0) is 16.6 Å². The molecule has 20 heavy (non-hydrogen) atoms. The molecule has 0 aliphatic rings. The fraction of sp³-hybridized carbons (Fsp3) is 0.182. The molecule has 3 N–H and O–H groups in total. The van der Waals surface area contributed by atoms with Crippen molar-refractivity contribution in [2.75, 3.05) is 6.54 Å². The minimum Gasteiger partial charge on any atom is -0.389 e. The Labute approximate surface area is 121 Å². The van der Waals surface area contributed by atoms with Gasteiger partial charge in [-0.15, -0.1) is 5.10 Å². The van der Waals surface area contributed by atoms with E-state index in [9.17, 15) is 8.42 Å². The van der Waals surface area contributed by atoms with Crippen LogP contribution in [-0.4, -0.2) is 34.9 Å². The molecule has 9 heteroatoms. The zero-order valence-corrected chi connectivity index (χ0v) is 12.1. The van der Waals surface area contributed by atoms with Gasteiger partial charge in [0.1, 0.15) is 4.99 Å². The molecule has 0 unspecified atom stereocenters. The van der Waals surface area contributed by atoms with E-state index in [0.717, 1.165) is 0 Å². The Morgan fingerprint density at radius 2 is 2.05 bits per heavy atom. The molecule has 1 aromatic heterocycles. The quantitative estimate of drug-likeness (QED) is 0.722. The number of aromatic nitrogens is 3. The number of rotatable bonds is 6. The molecule has 1 heterocycles. The maximum atomic E-state index is 12.0. The molecular formula is C11H13N5O2S2. The van der Waals surface area contributed by atoms with Gasteiger partial charge >= 0.3 is 0 Å². The van der Waals surface area contributed by atoms with Crippen LogP contribution in [0.3, 0.4) is 0 Å². The van der Waals surface area contributed by atoms with E-state index in [1.807, 2.05) is 0 Å². The van der Waals surface area contributed by atoms with Gasteiger partial charge in [-0.2, -0.15) is 0 Å². The number of hydrogen-bond donors (Lipinski definition) is 2. The smallest absolute Gasteiger partial charge is 0.240 e. The van der Waals surface area contributed by atoms with E-state index < -0.39 is 10.0 Å². The predicted octanol–water partition coefficient (Wildman–Crippen LogP) is -0.109. The lowest BCUT2D eigenvalue weighted by molar-refractivity contribution is 0.553. The van der Waals surface area contributed by atoms with Crippen molar-refractivity contribution in [1.82, 2.24) is 19.7 Å². The van der Waals surface area contributed by atoms with Crippen LogP contribution >= 0.6 is 12.2 Å². The van der Waals surface area contributed by atoms with Gasteiger partial charge in [-0.3, -0.25) is 4.68 Å².